The smallest absolute Gasteiger partial charge is 0.139 e. The minimum absolute atomic E-state index is 0.119. The van der Waals surface area contributed by atoms with Crippen molar-refractivity contribution in [3.05, 3.63) is 59.1 Å². The Morgan fingerprint density at radius 2 is 1.75 bits per heavy atom. The minimum atomic E-state index is -0.194. The molecule has 0 radical (unpaired) electrons. The molecule has 4 heteroatoms. The molecule has 2 nitrogen and oxygen atoms in total. The number of rotatable bonds is 5. The lowest BCUT2D eigenvalue weighted by atomic mass is 10.0. The summed E-state index contributed by atoms with van der Waals surface area (Å²) >= 11 is 7.59. The second-order valence-corrected chi connectivity index (χ2v) is 5.88. The summed E-state index contributed by atoms with van der Waals surface area (Å²) in [6, 6.07) is 15.5. The van der Waals surface area contributed by atoms with E-state index in [-0.39, 0.29) is 12.1 Å². The second-order valence-electron chi connectivity index (χ2n) is 4.60. The summed E-state index contributed by atoms with van der Waals surface area (Å²) in [5.74, 6) is 0.859. The van der Waals surface area contributed by atoms with Gasteiger partial charge >= 0.3 is 0 Å². The van der Waals surface area contributed by atoms with Crippen LogP contribution in [0.15, 0.2) is 53.4 Å². The number of nitrogens with two attached hydrogens (primary N) is 1. The summed E-state index contributed by atoms with van der Waals surface area (Å²) in [7, 11) is 0. The fourth-order valence-electron chi connectivity index (χ4n) is 1.98. The fraction of sp³-hybridized carbons (Fsp3) is 0.250. The average Bonchev–Trinajstić information content (AvgIpc) is 2.46. The zero-order valence-electron chi connectivity index (χ0n) is 11.5. The van der Waals surface area contributed by atoms with Crippen molar-refractivity contribution in [3.63, 3.8) is 0 Å². The Morgan fingerprint density at radius 3 is 2.35 bits per heavy atom. The Labute approximate surface area is 129 Å². The molecule has 0 saturated carbocycles. The second kappa shape index (κ2) is 7.02. The van der Waals surface area contributed by atoms with Crippen molar-refractivity contribution in [3.8, 4) is 5.75 Å². The van der Waals surface area contributed by atoms with Crippen LogP contribution in [0.3, 0.4) is 0 Å². The van der Waals surface area contributed by atoms with Crippen LogP contribution in [-0.2, 0) is 0 Å². The van der Waals surface area contributed by atoms with Crippen LogP contribution in [0.4, 0.5) is 0 Å². The molecular weight excluding hydrogens is 290 g/mol. The summed E-state index contributed by atoms with van der Waals surface area (Å²) in [5, 5.41) is 0.710. The normalized spacial score (nSPS) is 13.8. The van der Waals surface area contributed by atoms with E-state index in [1.807, 2.05) is 61.7 Å². The molecule has 2 unspecified atom stereocenters. The van der Waals surface area contributed by atoms with Crippen LogP contribution in [0.1, 0.15) is 18.6 Å². The highest BCUT2D eigenvalue weighted by Gasteiger charge is 2.19. The van der Waals surface area contributed by atoms with Crippen LogP contribution >= 0.6 is 23.4 Å². The third-order valence-electron chi connectivity index (χ3n) is 3.00. The Hall–Kier alpha value is -1.16. The fourth-order valence-corrected chi connectivity index (χ4v) is 2.64. The lowest BCUT2D eigenvalue weighted by Crippen LogP contribution is -2.29. The lowest BCUT2D eigenvalue weighted by Gasteiger charge is -2.24. The maximum atomic E-state index is 6.13. The summed E-state index contributed by atoms with van der Waals surface area (Å²) in [6.07, 6.45) is 1.84. The van der Waals surface area contributed by atoms with Crippen LogP contribution < -0.4 is 10.5 Å². The van der Waals surface area contributed by atoms with E-state index in [1.54, 1.807) is 11.8 Å². The van der Waals surface area contributed by atoms with Gasteiger partial charge in [-0.05, 0) is 43.0 Å². The largest absolute Gasteiger partial charge is 0.483 e. The van der Waals surface area contributed by atoms with E-state index in [1.165, 1.54) is 0 Å². The van der Waals surface area contributed by atoms with Gasteiger partial charge in [0.1, 0.15) is 11.9 Å². The van der Waals surface area contributed by atoms with Crippen LogP contribution in [0.25, 0.3) is 0 Å². The van der Waals surface area contributed by atoms with Crippen molar-refractivity contribution in [2.45, 2.75) is 24.0 Å². The molecule has 0 fully saturated rings. The molecule has 0 aliphatic rings. The molecule has 2 N–H and O–H groups in total. The molecule has 0 aromatic heterocycles. The van der Waals surface area contributed by atoms with Gasteiger partial charge in [-0.25, -0.2) is 0 Å². The molecule has 2 atom stereocenters. The highest BCUT2D eigenvalue weighted by molar-refractivity contribution is 7.98. The van der Waals surface area contributed by atoms with Crippen molar-refractivity contribution >= 4 is 23.4 Å². The van der Waals surface area contributed by atoms with E-state index in [4.69, 9.17) is 22.1 Å². The van der Waals surface area contributed by atoms with Gasteiger partial charge in [0, 0.05) is 16.0 Å². The number of hydrogen-bond acceptors (Lipinski definition) is 3. The number of para-hydroxylation sites is 1. The molecule has 0 heterocycles. The van der Waals surface area contributed by atoms with Crippen LogP contribution in [-0.4, -0.2) is 12.3 Å². The van der Waals surface area contributed by atoms with Crippen molar-refractivity contribution < 1.29 is 4.74 Å². The van der Waals surface area contributed by atoms with Crippen molar-refractivity contribution in [2.24, 2.45) is 5.73 Å². The maximum Gasteiger partial charge on any atom is 0.139 e. The van der Waals surface area contributed by atoms with Gasteiger partial charge in [-0.3, -0.25) is 0 Å². The monoisotopic (exact) mass is 307 g/mol. The van der Waals surface area contributed by atoms with Crippen LogP contribution in [0.5, 0.6) is 5.75 Å². The lowest BCUT2D eigenvalue weighted by molar-refractivity contribution is 0.176. The molecule has 0 spiro atoms. The van der Waals surface area contributed by atoms with E-state index in [0.29, 0.717) is 5.02 Å². The Morgan fingerprint density at radius 1 is 1.10 bits per heavy atom. The average molecular weight is 308 g/mol. The molecule has 2 aromatic carbocycles. The highest BCUT2D eigenvalue weighted by atomic mass is 35.5. The Bertz CT molecular complexity index is 557. The van der Waals surface area contributed by atoms with Gasteiger partial charge < -0.3 is 10.5 Å². The molecule has 0 saturated heterocycles. The van der Waals surface area contributed by atoms with E-state index in [0.717, 1.165) is 16.2 Å². The third kappa shape index (κ3) is 3.69. The van der Waals surface area contributed by atoms with Crippen molar-refractivity contribution in [1.29, 1.82) is 0 Å². The minimum Gasteiger partial charge on any atom is -0.483 e. The number of hydrogen-bond donors (Lipinski definition) is 1. The summed E-state index contributed by atoms with van der Waals surface area (Å²) in [5.41, 5.74) is 7.11. The Kier molecular flexibility index (Phi) is 5.35. The first-order valence-electron chi connectivity index (χ1n) is 6.42. The number of ether oxygens (including phenoxy) is 1. The van der Waals surface area contributed by atoms with Gasteiger partial charge in [-0.1, -0.05) is 35.9 Å². The zero-order valence-corrected chi connectivity index (χ0v) is 13.1. The molecule has 0 aliphatic carbocycles. The van der Waals surface area contributed by atoms with Gasteiger partial charge in [0.25, 0.3) is 0 Å². The zero-order chi connectivity index (χ0) is 14.5. The van der Waals surface area contributed by atoms with Gasteiger partial charge in [-0.15, -0.1) is 11.8 Å². The van der Waals surface area contributed by atoms with E-state index >= 15 is 0 Å². The van der Waals surface area contributed by atoms with Crippen molar-refractivity contribution in [1.82, 2.24) is 0 Å². The van der Waals surface area contributed by atoms with E-state index in [2.05, 4.69) is 0 Å². The first-order valence-corrected chi connectivity index (χ1v) is 8.03. The summed E-state index contributed by atoms with van der Waals surface area (Å²) < 4.78 is 6.13. The van der Waals surface area contributed by atoms with Gasteiger partial charge in [0.05, 0.1) is 0 Å². The van der Waals surface area contributed by atoms with Crippen molar-refractivity contribution in [2.75, 3.05) is 6.26 Å². The van der Waals surface area contributed by atoms with Gasteiger partial charge in [0.15, 0.2) is 0 Å². The highest BCUT2D eigenvalue weighted by Crippen LogP contribution is 2.32. The molecule has 0 amide bonds. The molecule has 0 bridgehead atoms. The topological polar surface area (TPSA) is 35.2 Å². The number of thioether (sulfide) groups is 1. The molecule has 2 rings (SSSR count). The number of halogens is 1. The molecule has 106 valence electrons. The molecular formula is C16H18ClNOS. The van der Waals surface area contributed by atoms with Gasteiger partial charge in [0.2, 0.25) is 0 Å². The standard InChI is InChI=1S/C16H18ClNOS/c1-11(18)16(12-7-9-13(17)10-8-12)19-14-5-3-4-6-15(14)20-2/h3-11,16H,18H2,1-2H3. The predicted molar refractivity (Wildman–Crippen MR) is 86.7 cm³/mol. The molecule has 20 heavy (non-hydrogen) atoms. The molecule has 0 aliphatic heterocycles. The van der Waals surface area contributed by atoms with Crippen LogP contribution in [0.2, 0.25) is 5.02 Å². The third-order valence-corrected chi connectivity index (χ3v) is 4.03. The summed E-state index contributed by atoms with van der Waals surface area (Å²) in [4.78, 5) is 1.10. The maximum absolute atomic E-state index is 6.13. The molecule has 2 aromatic rings. The first kappa shape index (κ1) is 15.2. The SMILES string of the molecule is CSc1ccccc1OC(c1ccc(Cl)cc1)C(C)N. The van der Waals surface area contributed by atoms with Gasteiger partial charge in [-0.2, -0.15) is 0 Å². The quantitative estimate of drug-likeness (QED) is 0.824. The summed E-state index contributed by atoms with van der Waals surface area (Å²) in [6.45, 7) is 1.95. The number of benzene rings is 2. The van der Waals surface area contributed by atoms with E-state index in [9.17, 15) is 0 Å². The van der Waals surface area contributed by atoms with Crippen LogP contribution in [0, 0.1) is 0 Å². The Balaban J connectivity index is 2.28. The van der Waals surface area contributed by atoms with E-state index < -0.39 is 0 Å². The first-order chi connectivity index (χ1) is 9.61. The predicted octanol–water partition coefficient (Wildman–Crippen LogP) is 4.53.